The molecule has 1 saturated heterocycles. The molecule has 1 aliphatic carbocycles. The van der Waals surface area contributed by atoms with Crippen LogP contribution in [0.25, 0.3) is 0 Å². The summed E-state index contributed by atoms with van der Waals surface area (Å²) < 4.78 is 5.53. The van der Waals surface area contributed by atoms with Gasteiger partial charge in [0.1, 0.15) is 0 Å². The molecule has 2 atom stereocenters. The number of benzene rings is 1. The maximum Gasteiger partial charge on any atom is 0.260 e. The first-order chi connectivity index (χ1) is 13.2. The number of likely N-dealkylation sites (N-methyl/N-ethyl adjacent to an activating group) is 1. The number of aromatic hydroxyl groups is 1. The van der Waals surface area contributed by atoms with E-state index in [2.05, 4.69) is 11.8 Å². The van der Waals surface area contributed by atoms with Crippen LogP contribution in [-0.2, 0) is 4.79 Å². The summed E-state index contributed by atoms with van der Waals surface area (Å²) in [5.41, 5.74) is 0. The smallest absolute Gasteiger partial charge is 0.260 e. The molecule has 0 aromatic heterocycles. The lowest BCUT2D eigenvalue weighted by Crippen LogP contribution is -2.38. The Morgan fingerprint density at radius 3 is 2.59 bits per heavy atom. The summed E-state index contributed by atoms with van der Waals surface area (Å²) in [7, 11) is 0. The van der Waals surface area contributed by atoms with Gasteiger partial charge in [0.05, 0.1) is 0 Å². The van der Waals surface area contributed by atoms with E-state index in [0.29, 0.717) is 17.5 Å². The molecule has 3 rings (SSSR count). The van der Waals surface area contributed by atoms with Crippen molar-refractivity contribution in [1.29, 1.82) is 0 Å². The van der Waals surface area contributed by atoms with Crippen LogP contribution in [0, 0.1) is 5.92 Å². The largest absolute Gasteiger partial charge is 0.504 e. The maximum absolute atomic E-state index is 12.6. The summed E-state index contributed by atoms with van der Waals surface area (Å²) in [6.45, 7) is 3.52. The molecule has 5 heteroatoms. The number of hydrogen-bond acceptors (Lipinski definition) is 4. The first-order valence-electron chi connectivity index (χ1n) is 10.5. The summed E-state index contributed by atoms with van der Waals surface area (Å²) in [4.78, 5) is 14.5. The number of rotatable bonds is 7. The number of carbonyl (C=O) groups excluding carboxylic acids is 1. The van der Waals surface area contributed by atoms with Gasteiger partial charge in [-0.15, -0.1) is 0 Å². The summed E-state index contributed by atoms with van der Waals surface area (Å²) >= 11 is 2.13. The minimum atomic E-state index is -0.0190. The van der Waals surface area contributed by atoms with Gasteiger partial charge in [0.25, 0.3) is 5.91 Å². The number of amides is 1. The van der Waals surface area contributed by atoms with E-state index in [-0.39, 0.29) is 18.3 Å². The summed E-state index contributed by atoms with van der Waals surface area (Å²) in [6, 6.07) is 6.79. The van der Waals surface area contributed by atoms with E-state index in [1.807, 2.05) is 11.8 Å². The van der Waals surface area contributed by atoms with Crippen molar-refractivity contribution in [3.8, 4) is 11.5 Å². The topological polar surface area (TPSA) is 49.8 Å². The second-order valence-electron chi connectivity index (χ2n) is 7.81. The van der Waals surface area contributed by atoms with Crippen LogP contribution in [0.1, 0.15) is 58.3 Å². The SMILES string of the molecule is CCN(CC1CCC(C2CCCCCC2)S1)C(=O)COc1ccccc1O. The standard InChI is InChI=1S/C22H33NO3S/c1-2-23(22(25)16-26-20-12-8-7-11-19(20)24)15-18-13-14-21(27-18)17-9-5-3-4-6-10-17/h7-8,11-12,17-18,21,24H,2-6,9-10,13-16H2,1H3. The van der Waals surface area contributed by atoms with E-state index in [1.54, 1.807) is 24.3 Å². The fraction of sp³-hybridized carbons (Fsp3) is 0.682. The van der Waals surface area contributed by atoms with Crippen molar-refractivity contribution < 1.29 is 14.6 Å². The molecule has 1 aromatic rings. The third-order valence-electron chi connectivity index (χ3n) is 5.94. The Labute approximate surface area is 167 Å². The van der Waals surface area contributed by atoms with Crippen LogP contribution in [0.4, 0.5) is 0 Å². The van der Waals surface area contributed by atoms with Crippen LogP contribution >= 0.6 is 11.8 Å². The van der Waals surface area contributed by atoms with E-state index in [1.165, 1.54) is 51.4 Å². The molecule has 150 valence electrons. The molecule has 1 heterocycles. The highest BCUT2D eigenvalue weighted by molar-refractivity contribution is 8.00. The molecule has 0 radical (unpaired) electrons. The lowest BCUT2D eigenvalue weighted by molar-refractivity contribution is -0.133. The highest BCUT2D eigenvalue weighted by Gasteiger charge is 2.33. The van der Waals surface area contributed by atoms with Gasteiger partial charge in [0.2, 0.25) is 0 Å². The van der Waals surface area contributed by atoms with E-state index in [9.17, 15) is 9.90 Å². The van der Waals surface area contributed by atoms with Gasteiger partial charge in [-0.25, -0.2) is 0 Å². The van der Waals surface area contributed by atoms with Crippen LogP contribution in [0.3, 0.4) is 0 Å². The quantitative estimate of drug-likeness (QED) is 0.675. The first-order valence-corrected chi connectivity index (χ1v) is 11.5. The average molecular weight is 392 g/mol. The Bertz CT molecular complexity index is 601. The van der Waals surface area contributed by atoms with E-state index in [4.69, 9.17) is 4.74 Å². The zero-order chi connectivity index (χ0) is 19.1. The van der Waals surface area contributed by atoms with Gasteiger partial charge in [-0.3, -0.25) is 4.79 Å². The molecule has 2 aliphatic rings. The van der Waals surface area contributed by atoms with Crippen LogP contribution in [0.2, 0.25) is 0 Å². The Kier molecular flexibility index (Phi) is 7.74. The molecule has 27 heavy (non-hydrogen) atoms. The number of ether oxygens (including phenoxy) is 1. The van der Waals surface area contributed by atoms with Crippen molar-refractivity contribution in [3.63, 3.8) is 0 Å². The zero-order valence-electron chi connectivity index (χ0n) is 16.4. The maximum atomic E-state index is 12.6. The van der Waals surface area contributed by atoms with Crippen molar-refractivity contribution in [1.82, 2.24) is 4.90 Å². The molecule has 2 unspecified atom stereocenters. The van der Waals surface area contributed by atoms with E-state index in [0.717, 1.165) is 17.7 Å². The van der Waals surface area contributed by atoms with Gasteiger partial charge < -0.3 is 14.7 Å². The van der Waals surface area contributed by atoms with Crippen LogP contribution in [-0.4, -0.2) is 46.1 Å². The Morgan fingerprint density at radius 2 is 1.89 bits per heavy atom. The lowest BCUT2D eigenvalue weighted by atomic mass is 9.93. The second kappa shape index (κ2) is 10.3. The minimum absolute atomic E-state index is 0.000676. The van der Waals surface area contributed by atoms with Crippen molar-refractivity contribution in [2.75, 3.05) is 19.7 Å². The van der Waals surface area contributed by atoms with Crippen LogP contribution in [0.5, 0.6) is 11.5 Å². The molecule has 4 nitrogen and oxygen atoms in total. The van der Waals surface area contributed by atoms with Crippen molar-refractivity contribution in [3.05, 3.63) is 24.3 Å². The molecule has 0 spiro atoms. The molecule has 1 amide bonds. The monoisotopic (exact) mass is 391 g/mol. The van der Waals surface area contributed by atoms with E-state index >= 15 is 0 Å². The van der Waals surface area contributed by atoms with E-state index < -0.39 is 0 Å². The molecule has 1 saturated carbocycles. The molecular formula is C22H33NO3S. The highest BCUT2D eigenvalue weighted by atomic mass is 32.2. The van der Waals surface area contributed by atoms with Gasteiger partial charge in [0.15, 0.2) is 18.1 Å². The number of phenolic OH excluding ortho intramolecular Hbond substituents is 1. The summed E-state index contributed by atoms with van der Waals surface area (Å²) in [5.74, 6) is 1.33. The van der Waals surface area contributed by atoms with Gasteiger partial charge >= 0.3 is 0 Å². The van der Waals surface area contributed by atoms with Crippen molar-refractivity contribution in [2.45, 2.75) is 68.8 Å². The Morgan fingerprint density at radius 1 is 1.15 bits per heavy atom. The molecular weight excluding hydrogens is 358 g/mol. The number of hydrogen-bond donors (Lipinski definition) is 1. The number of phenols is 1. The lowest BCUT2D eigenvalue weighted by Gasteiger charge is -2.25. The molecule has 2 fully saturated rings. The Balaban J connectivity index is 1.46. The summed E-state index contributed by atoms with van der Waals surface area (Å²) in [6.07, 6.45) is 10.9. The number of carbonyl (C=O) groups is 1. The number of thioether (sulfide) groups is 1. The van der Waals surface area contributed by atoms with Gasteiger partial charge in [-0.05, 0) is 50.7 Å². The fourth-order valence-electron chi connectivity index (χ4n) is 4.36. The highest BCUT2D eigenvalue weighted by Crippen LogP contribution is 2.42. The third-order valence-corrected chi connectivity index (χ3v) is 7.68. The third kappa shape index (κ3) is 5.81. The average Bonchev–Trinajstić information content (AvgIpc) is 2.97. The molecule has 1 N–H and O–H groups in total. The van der Waals surface area contributed by atoms with Gasteiger partial charge in [0, 0.05) is 23.6 Å². The van der Waals surface area contributed by atoms with Crippen molar-refractivity contribution in [2.24, 2.45) is 5.92 Å². The fourth-order valence-corrected chi connectivity index (χ4v) is 6.16. The predicted molar refractivity (Wildman–Crippen MR) is 111 cm³/mol. The van der Waals surface area contributed by atoms with Crippen molar-refractivity contribution >= 4 is 17.7 Å². The molecule has 0 bridgehead atoms. The first kappa shape index (κ1) is 20.4. The van der Waals surface area contributed by atoms with Gasteiger partial charge in [-0.2, -0.15) is 11.8 Å². The summed E-state index contributed by atoms with van der Waals surface area (Å²) in [5, 5.41) is 11.1. The van der Waals surface area contributed by atoms with Gasteiger partial charge in [-0.1, -0.05) is 37.8 Å². The molecule has 1 aliphatic heterocycles. The number of nitrogens with zero attached hydrogens (tertiary/aromatic N) is 1. The zero-order valence-corrected chi connectivity index (χ0v) is 17.3. The van der Waals surface area contributed by atoms with Crippen LogP contribution in [0.15, 0.2) is 24.3 Å². The van der Waals surface area contributed by atoms with Crippen LogP contribution < -0.4 is 4.74 Å². The Hall–Kier alpha value is -1.36. The minimum Gasteiger partial charge on any atom is -0.504 e. The molecule has 1 aromatic carbocycles. The second-order valence-corrected chi connectivity index (χ2v) is 9.36. The predicted octanol–water partition coefficient (Wildman–Crippen LogP) is 4.85. The number of para-hydroxylation sites is 2. The normalized spacial score (nSPS) is 23.7.